The number of aryl methyl sites for hydroxylation is 1. The van der Waals surface area contributed by atoms with Gasteiger partial charge in [-0.15, -0.1) is 0 Å². The largest absolute Gasteiger partial charge is 0.383 e. The monoisotopic (exact) mass is 301 g/mol. The summed E-state index contributed by atoms with van der Waals surface area (Å²) in [6.07, 6.45) is 0. The van der Waals surface area contributed by atoms with Crippen LogP contribution in [0.3, 0.4) is 0 Å². The third kappa shape index (κ3) is 2.31. The Labute approximate surface area is 105 Å². The third-order valence-electron chi connectivity index (χ3n) is 2.41. The van der Waals surface area contributed by atoms with E-state index in [1.807, 2.05) is 6.92 Å². The minimum Gasteiger partial charge on any atom is -0.383 e. The van der Waals surface area contributed by atoms with Gasteiger partial charge in [0.25, 0.3) is 0 Å². The number of hydrogen-bond acceptors (Lipinski definition) is 2. The summed E-state index contributed by atoms with van der Waals surface area (Å²) >= 11 is 3.30. The lowest BCUT2D eigenvalue weighted by Crippen LogP contribution is -2.06. The first kappa shape index (κ1) is 12.0. The van der Waals surface area contributed by atoms with E-state index in [4.69, 9.17) is 5.73 Å². The Kier molecular flexibility index (Phi) is 3.15. The first-order valence-electron chi connectivity index (χ1n) is 4.91. The van der Waals surface area contributed by atoms with Gasteiger partial charge >= 0.3 is 0 Å². The maximum absolute atomic E-state index is 13.0. The number of anilines is 1. The fourth-order valence-corrected chi connectivity index (χ4v) is 1.79. The molecule has 0 aliphatic rings. The Morgan fingerprint density at radius 2 is 2.06 bits per heavy atom. The average molecular weight is 302 g/mol. The quantitative estimate of drug-likeness (QED) is 0.927. The number of benzene rings is 1. The highest BCUT2D eigenvalue weighted by Gasteiger charge is 2.10. The van der Waals surface area contributed by atoms with Crippen LogP contribution in [0.2, 0.25) is 0 Å². The van der Waals surface area contributed by atoms with Gasteiger partial charge in [0, 0.05) is 0 Å². The minimum absolute atomic E-state index is 0.301. The van der Waals surface area contributed by atoms with Gasteiger partial charge in [0.1, 0.15) is 5.82 Å². The molecule has 0 radical (unpaired) electrons. The second-order valence-corrected chi connectivity index (χ2v) is 4.48. The van der Waals surface area contributed by atoms with Gasteiger partial charge in [-0.05, 0) is 40.5 Å². The summed E-state index contributed by atoms with van der Waals surface area (Å²) in [5.41, 5.74) is 7.16. The van der Waals surface area contributed by atoms with Crippen molar-refractivity contribution >= 4 is 21.7 Å². The topological polar surface area (TPSA) is 43.8 Å². The summed E-state index contributed by atoms with van der Waals surface area (Å²) in [7, 11) is 0. The van der Waals surface area contributed by atoms with Gasteiger partial charge in [0.05, 0.1) is 16.7 Å². The fraction of sp³-hybridized carbons (Fsp3) is 0.182. The molecule has 6 heteroatoms. The lowest BCUT2D eigenvalue weighted by atomic mass is 10.2. The molecule has 0 atom stereocenters. The van der Waals surface area contributed by atoms with Crippen LogP contribution in [0, 0.1) is 18.6 Å². The second-order valence-electron chi connectivity index (χ2n) is 3.69. The van der Waals surface area contributed by atoms with Crippen LogP contribution < -0.4 is 5.73 Å². The van der Waals surface area contributed by atoms with Crippen molar-refractivity contribution in [3.63, 3.8) is 0 Å². The highest BCUT2D eigenvalue weighted by molar-refractivity contribution is 9.10. The summed E-state index contributed by atoms with van der Waals surface area (Å²) in [4.78, 5) is 0. The van der Waals surface area contributed by atoms with Crippen molar-refractivity contribution in [1.82, 2.24) is 9.78 Å². The lowest BCUT2D eigenvalue weighted by molar-refractivity contribution is 0.506. The first-order valence-corrected chi connectivity index (χ1v) is 5.70. The Bertz CT molecular complexity index is 566. The zero-order valence-electron chi connectivity index (χ0n) is 9.04. The molecule has 2 N–H and O–H groups in total. The summed E-state index contributed by atoms with van der Waals surface area (Å²) < 4.78 is 28.0. The van der Waals surface area contributed by atoms with Crippen LogP contribution in [0.15, 0.2) is 22.7 Å². The van der Waals surface area contributed by atoms with Crippen molar-refractivity contribution in [2.75, 3.05) is 5.73 Å². The number of hydrogen-bond donors (Lipinski definition) is 1. The lowest BCUT2D eigenvalue weighted by Gasteiger charge is -2.04. The van der Waals surface area contributed by atoms with Crippen LogP contribution in [0.5, 0.6) is 0 Å². The van der Waals surface area contributed by atoms with Crippen molar-refractivity contribution in [3.8, 4) is 0 Å². The molecule has 0 spiro atoms. The van der Waals surface area contributed by atoms with Crippen molar-refractivity contribution < 1.29 is 8.78 Å². The molecule has 3 nitrogen and oxygen atoms in total. The zero-order chi connectivity index (χ0) is 12.6. The van der Waals surface area contributed by atoms with Crippen LogP contribution in [0.4, 0.5) is 14.6 Å². The predicted molar refractivity (Wildman–Crippen MR) is 64.5 cm³/mol. The molecular formula is C11H10BrF2N3. The van der Waals surface area contributed by atoms with Crippen molar-refractivity contribution in [3.05, 3.63) is 45.6 Å². The highest BCUT2D eigenvalue weighted by atomic mass is 79.9. The second kappa shape index (κ2) is 4.44. The molecule has 1 aromatic carbocycles. The van der Waals surface area contributed by atoms with Gasteiger partial charge in [0.15, 0.2) is 11.6 Å². The molecule has 90 valence electrons. The number of nitrogens with two attached hydrogens (primary N) is 1. The van der Waals surface area contributed by atoms with E-state index >= 15 is 0 Å². The van der Waals surface area contributed by atoms with E-state index in [1.165, 1.54) is 10.7 Å². The van der Waals surface area contributed by atoms with Crippen molar-refractivity contribution in [1.29, 1.82) is 0 Å². The van der Waals surface area contributed by atoms with E-state index < -0.39 is 11.6 Å². The van der Waals surface area contributed by atoms with Gasteiger partial charge in [-0.3, -0.25) is 0 Å². The third-order valence-corrected chi connectivity index (χ3v) is 3.39. The molecule has 0 fully saturated rings. The average Bonchev–Trinajstić information content (AvgIpc) is 2.52. The van der Waals surface area contributed by atoms with Gasteiger partial charge in [-0.2, -0.15) is 5.10 Å². The Hall–Kier alpha value is -1.43. The normalized spacial score (nSPS) is 10.8. The summed E-state index contributed by atoms with van der Waals surface area (Å²) in [6.45, 7) is 2.11. The van der Waals surface area contributed by atoms with E-state index in [9.17, 15) is 8.78 Å². The van der Waals surface area contributed by atoms with Crippen molar-refractivity contribution in [2.45, 2.75) is 13.5 Å². The van der Waals surface area contributed by atoms with Gasteiger partial charge < -0.3 is 5.73 Å². The molecule has 1 aromatic heterocycles. The zero-order valence-corrected chi connectivity index (χ0v) is 10.6. The molecule has 2 rings (SSSR count). The smallest absolute Gasteiger partial charge is 0.159 e. The molecule has 1 heterocycles. The fourth-order valence-electron chi connectivity index (χ4n) is 1.51. The summed E-state index contributed by atoms with van der Waals surface area (Å²) in [6, 6.07) is 3.73. The Balaban J connectivity index is 2.31. The standard InChI is InChI=1S/C11H10BrF2N3/c1-6-10(12)11(15)17(16-6)5-7-2-3-8(13)9(14)4-7/h2-4H,5,15H2,1H3. The summed E-state index contributed by atoms with van der Waals surface area (Å²) in [5.74, 6) is -1.27. The predicted octanol–water partition coefficient (Wildman–Crippen LogP) is 2.86. The van der Waals surface area contributed by atoms with Gasteiger partial charge in [-0.25, -0.2) is 13.5 Å². The van der Waals surface area contributed by atoms with E-state index in [0.29, 0.717) is 17.9 Å². The van der Waals surface area contributed by atoms with Crippen LogP contribution >= 0.6 is 15.9 Å². The maximum Gasteiger partial charge on any atom is 0.159 e. The van der Waals surface area contributed by atoms with Gasteiger partial charge in [0.2, 0.25) is 0 Å². The van der Waals surface area contributed by atoms with Crippen molar-refractivity contribution in [2.24, 2.45) is 0 Å². The molecule has 0 saturated heterocycles. The highest BCUT2D eigenvalue weighted by Crippen LogP contribution is 2.23. The Morgan fingerprint density at radius 1 is 1.35 bits per heavy atom. The number of rotatable bonds is 2. The first-order chi connectivity index (χ1) is 7.99. The Morgan fingerprint density at radius 3 is 2.59 bits per heavy atom. The molecule has 17 heavy (non-hydrogen) atoms. The van der Waals surface area contributed by atoms with E-state index in [2.05, 4.69) is 21.0 Å². The van der Waals surface area contributed by atoms with Crippen LogP contribution in [-0.2, 0) is 6.54 Å². The molecule has 0 aliphatic carbocycles. The van der Waals surface area contributed by atoms with Crippen LogP contribution in [0.1, 0.15) is 11.3 Å². The minimum atomic E-state index is -0.871. The molecular weight excluding hydrogens is 292 g/mol. The molecule has 0 saturated carbocycles. The van der Waals surface area contributed by atoms with E-state index in [-0.39, 0.29) is 0 Å². The van der Waals surface area contributed by atoms with Crippen LogP contribution in [0.25, 0.3) is 0 Å². The van der Waals surface area contributed by atoms with E-state index in [0.717, 1.165) is 22.3 Å². The molecule has 2 aromatic rings. The number of nitrogen functional groups attached to an aromatic ring is 1. The molecule has 0 bridgehead atoms. The molecule has 0 amide bonds. The van der Waals surface area contributed by atoms with Gasteiger partial charge in [-0.1, -0.05) is 6.07 Å². The molecule has 0 unspecified atom stereocenters. The maximum atomic E-state index is 13.0. The summed E-state index contributed by atoms with van der Waals surface area (Å²) in [5, 5.41) is 4.19. The number of aromatic nitrogens is 2. The SMILES string of the molecule is Cc1nn(Cc2ccc(F)c(F)c2)c(N)c1Br. The number of nitrogens with zero attached hydrogens (tertiary/aromatic N) is 2. The van der Waals surface area contributed by atoms with E-state index in [1.54, 1.807) is 0 Å². The number of halogens is 3. The molecule has 0 aliphatic heterocycles. The van der Waals surface area contributed by atoms with Crippen LogP contribution in [-0.4, -0.2) is 9.78 Å².